The summed E-state index contributed by atoms with van der Waals surface area (Å²) in [5.41, 5.74) is 3.47. The minimum absolute atomic E-state index is 0.214. The number of carboxylic acid groups (broad SMARTS) is 1. The smallest absolute Gasteiger partial charge is 0.335 e. The highest BCUT2D eigenvalue weighted by atomic mass is 31.2. The van der Waals surface area contributed by atoms with Crippen LogP contribution in [0.2, 0.25) is 0 Å². The van der Waals surface area contributed by atoms with Crippen LogP contribution in [0.5, 0.6) is 0 Å². The van der Waals surface area contributed by atoms with Crippen molar-refractivity contribution in [3.63, 3.8) is 0 Å². The lowest BCUT2D eigenvalue weighted by Crippen LogP contribution is -2.33. The molecule has 1 unspecified atom stereocenters. The van der Waals surface area contributed by atoms with E-state index in [1.807, 2.05) is 31.1 Å². The zero-order chi connectivity index (χ0) is 30.2. The Hall–Kier alpha value is -3.09. The molecular weight excluding hydrogens is 539 g/mol. The van der Waals surface area contributed by atoms with Gasteiger partial charge in [0.15, 0.2) is 0 Å². The predicted octanol–water partition coefficient (Wildman–Crippen LogP) is 8.13. The summed E-state index contributed by atoms with van der Waals surface area (Å²) in [6.07, 6.45) is 4.40. The number of carbonyl (C=O) groups is 1. The van der Waals surface area contributed by atoms with E-state index >= 15 is 0 Å². The topological polar surface area (TPSA) is 123 Å². The molecule has 0 amide bonds. The summed E-state index contributed by atoms with van der Waals surface area (Å²) in [4.78, 5) is 13.1. The number of hydrogen-bond donors (Lipinski definition) is 2. The van der Waals surface area contributed by atoms with Crippen molar-refractivity contribution in [1.82, 2.24) is 4.67 Å². The molecule has 0 saturated heterocycles. The van der Waals surface area contributed by atoms with Crippen molar-refractivity contribution >= 4 is 37.2 Å². The van der Waals surface area contributed by atoms with E-state index in [1.165, 1.54) is 12.1 Å². The van der Waals surface area contributed by atoms with Crippen molar-refractivity contribution in [2.75, 3.05) is 44.1 Å². The molecule has 0 spiro atoms. The lowest BCUT2D eigenvalue weighted by Gasteiger charge is -2.35. The fourth-order valence-corrected chi connectivity index (χ4v) is 5.70. The number of anilines is 2. The Kier molecular flexibility index (Phi) is 15.3. The van der Waals surface area contributed by atoms with E-state index in [-0.39, 0.29) is 5.56 Å². The number of carboxylic acids is 1. The maximum atomic E-state index is 11.1. The first-order valence-corrected chi connectivity index (χ1v) is 15.3. The number of nitrogens with one attached hydrogen (secondary N) is 1. The fourth-order valence-electron chi connectivity index (χ4n) is 4.07. The van der Waals surface area contributed by atoms with Gasteiger partial charge in [0.1, 0.15) is 5.69 Å². The lowest BCUT2D eigenvalue weighted by atomic mass is 10.2. The first-order valence-electron chi connectivity index (χ1n) is 14.2. The van der Waals surface area contributed by atoms with Gasteiger partial charge >= 0.3 is 5.97 Å². The number of aromatic carboxylic acids is 1. The van der Waals surface area contributed by atoms with Gasteiger partial charge in [0, 0.05) is 38.4 Å². The van der Waals surface area contributed by atoms with Crippen molar-refractivity contribution in [3.8, 4) is 6.07 Å². The maximum absolute atomic E-state index is 11.1. The SMILES string of the molecule is CC(C)N(C(C)C)P(OCCC#N)OCCCCCCNc1cc(N(C)C)ccc1N=Nc1ccc(C(=O)O)cc1. The number of nitriles is 1. The highest BCUT2D eigenvalue weighted by molar-refractivity contribution is 7.44. The van der Waals surface area contributed by atoms with Gasteiger partial charge in [-0.15, -0.1) is 5.11 Å². The van der Waals surface area contributed by atoms with E-state index in [2.05, 4.69) is 60.0 Å². The van der Waals surface area contributed by atoms with E-state index in [4.69, 9.17) is 19.4 Å². The summed E-state index contributed by atoms with van der Waals surface area (Å²) in [5.74, 6) is -0.971. The van der Waals surface area contributed by atoms with E-state index in [0.717, 1.165) is 49.3 Å². The summed E-state index contributed by atoms with van der Waals surface area (Å²) >= 11 is 0. The molecule has 0 aliphatic rings. The number of benzene rings is 2. The third-order valence-corrected chi connectivity index (χ3v) is 8.24. The molecule has 0 bridgehead atoms. The van der Waals surface area contributed by atoms with Gasteiger partial charge in [0.05, 0.1) is 42.6 Å². The second-order valence-corrected chi connectivity index (χ2v) is 11.8. The molecule has 0 aliphatic heterocycles. The van der Waals surface area contributed by atoms with Gasteiger partial charge in [-0.3, -0.25) is 0 Å². The van der Waals surface area contributed by atoms with Crippen LogP contribution < -0.4 is 10.2 Å². The van der Waals surface area contributed by atoms with Gasteiger partial charge in [-0.1, -0.05) is 12.8 Å². The number of azo groups is 1. The van der Waals surface area contributed by atoms with Crippen LogP contribution >= 0.6 is 8.53 Å². The number of nitrogens with zero attached hydrogens (tertiary/aromatic N) is 5. The normalized spacial score (nSPS) is 12.3. The summed E-state index contributed by atoms with van der Waals surface area (Å²) in [6.45, 7) is 10.4. The number of rotatable bonds is 19. The van der Waals surface area contributed by atoms with Crippen molar-refractivity contribution in [2.45, 2.75) is 71.9 Å². The third kappa shape index (κ3) is 12.1. The molecule has 2 aromatic carbocycles. The summed E-state index contributed by atoms with van der Waals surface area (Å²) in [5, 5.41) is 30.2. The van der Waals surface area contributed by atoms with Crippen LogP contribution in [-0.4, -0.2) is 61.7 Å². The van der Waals surface area contributed by atoms with Crippen molar-refractivity contribution < 1.29 is 18.9 Å². The van der Waals surface area contributed by atoms with Gasteiger partial charge in [-0.05, 0) is 83.0 Å². The van der Waals surface area contributed by atoms with Crippen LogP contribution in [0.1, 0.15) is 70.2 Å². The Labute approximate surface area is 246 Å². The Bertz CT molecular complexity index is 1130. The van der Waals surface area contributed by atoms with Crippen LogP contribution in [0.3, 0.4) is 0 Å². The Balaban J connectivity index is 1.86. The van der Waals surface area contributed by atoms with E-state index in [1.54, 1.807) is 12.1 Å². The van der Waals surface area contributed by atoms with Crippen molar-refractivity contribution in [1.29, 1.82) is 5.26 Å². The van der Waals surface area contributed by atoms with Gasteiger partial charge < -0.3 is 24.4 Å². The molecule has 0 aromatic heterocycles. The highest BCUT2D eigenvalue weighted by Gasteiger charge is 2.26. The number of hydrogen-bond acceptors (Lipinski definition) is 9. The molecule has 0 fully saturated rings. The van der Waals surface area contributed by atoms with Crippen LogP contribution in [0.15, 0.2) is 52.7 Å². The molecule has 2 N–H and O–H groups in total. The molecule has 2 rings (SSSR count). The quantitative estimate of drug-likeness (QED) is 0.0964. The average molecular weight is 585 g/mol. The largest absolute Gasteiger partial charge is 0.478 e. The van der Waals surface area contributed by atoms with Crippen LogP contribution in [0.4, 0.5) is 22.7 Å². The summed E-state index contributed by atoms with van der Waals surface area (Å²) < 4.78 is 14.4. The minimum Gasteiger partial charge on any atom is -0.478 e. The molecule has 0 radical (unpaired) electrons. The molecule has 0 saturated carbocycles. The monoisotopic (exact) mass is 584 g/mol. The molecule has 1 atom stereocenters. The van der Waals surface area contributed by atoms with Gasteiger partial charge in [-0.2, -0.15) is 10.4 Å². The molecule has 0 aliphatic carbocycles. The molecule has 0 heterocycles. The Morgan fingerprint density at radius 3 is 2.24 bits per heavy atom. The van der Waals surface area contributed by atoms with Gasteiger partial charge in [-0.25, -0.2) is 9.46 Å². The summed E-state index contributed by atoms with van der Waals surface area (Å²) in [7, 11) is 2.80. The second kappa shape index (κ2) is 18.4. The van der Waals surface area contributed by atoms with Crippen molar-refractivity contribution in [2.24, 2.45) is 10.2 Å². The average Bonchev–Trinajstić information content (AvgIpc) is 2.93. The molecule has 224 valence electrons. The Morgan fingerprint density at radius 2 is 1.63 bits per heavy atom. The molecular formula is C30H45N6O4P. The molecule has 2 aromatic rings. The minimum atomic E-state index is -1.19. The van der Waals surface area contributed by atoms with Crippen molar-refractivity contribution in [3.05, 3.63) is 48.0 Å². The Morgan fingerprint density at radius 1 is 0.976 bits per heavy atom. The highest BCUT2D eigenvalue weighted by Crippen LogP contribution is 2.46. The van der Waals surface area contributed by atoms with Gasteiger partial charge in [0.25, 0.3) is 8.53 Å². The third-order valence-electron chi connectivity index (χ3n) is 6.13. The number of unbranched alkanes of at least 4 members (excludes halogenated alkanes) is 3. The van der Waals surface area contributed by atoms with E-state index in [9.17, 15) is 4.79 Å². The maximum Gasteiger partial charge on any atom is 0.335 e. The van der Waals surface area contributed by atoms with Crippen LogP contribution in [0.25, 0.3) is 0 Å². The molecule has 41 heavy (non-hydrogen) atoms. The molecule has 11 heteroatoms. The van der Waals surface area contributed by atoms with E-state index < -0.39 is 14.5 Å². The first kappa shape index (κ1) is 34.1. The lowest BCUT2D eigenvalue weighted by molar-refractivity contribution is 0.0697. The zero-order valence-corrected chi connectivity index (χ0v) is 26.1. The molecule has 10 nitrogen and oxygen atoms in total. The second-order valence-electron chi connectivity index (χ2n) is 10.4. The van der Waals surface area contributed by atoms with Gasteiger partial charge in [0.2, 0.25) is 0 Å². The first-order chi connectivity index (χ1) is 19.6. The summed E-state index contributed by atoms with van der Waals surface area (Å²) in [6, 6.07) is 15.0. The predicted molar refractivity (Wildman–Crippen MR) is 166 cm³/mol. The van der Waals surface area contributed by atoms with Crippen LogP contribution in [-0.2, 0) is 9.05 Å². The fraction of sp³-hybridized carbons (Fsp3) is 0.533. The standard InChI is InChI=1S/C30H45N6O4P/c1-23(2)36(24(3)4)41(40-21-11-18-31)39-20-10-8-7-9-19-32-29-22-27(35(5)6)16-17-28(29)34-33-26-14-12-25(13-15-26)30(37)38/h12-17,22-24,32H,7-11,19-21H2,1-6H3,(H,37,38). The van der Waals surface area contributed by atoms with E-state index in [0.29, 0.717) is 37.4 Å². The zero-order valence-electron chi connectivity index (χ0n) is 25.2. The van der Waals surface area contributed by atoms with Crippen LogP contribution in [0, 0.1) is 11.3 Å².